The predicted octanol–water partition coefficient (Wildman–Crippen LogP) is 0.653. The molecule has 2 aromatic rings. The van der Waals surface area contributed by atoms with E-state index in [1.54, 1.807) is 6.07 Å². The lowest BCUT2D eigenvalue weighted by atomic mass is 10.1. The Hall–Kier alpha value is -2.40. The summed E-state index contributed by atoms with van der Waals surface area (Å²) in [5.41, 5.74) is 1.28. The summed E-state index contributed by atoms with van der Waals surface area (Å²) in [6.45, 7) is 0.140. The molecule has 0 aliphatic carbocycles. The lowest BCUT2D eigenvalue weighted by Crippen LogP contribution is -2.35. The first-order valence-electron chi connectivity index (χ1n) is 6.34. The highest BCUT2D eigenvalue weighted by Gasteiger charge is 2.11. The van der Waals surface area contributed by atoms with Crippen molar-refractivity contribution in [1.29, 1.82) is 0 Å². The Bertz CT molecular complexity index is 572. The monoisotopic (exact) mass is 272 g/mol. The number of nitrogens with zero attached hydrogens (tertiary/aromatic N) is 1. The number of carbonyl (C=O) groups is 1. The maximum atomic E-state index is 11.8. The van der Waals surface area contributed by atoms with Crippen LogP contribution >= 0.6 is 0 Å². The smallest absolute Gasteiger partial charge is 0.257 e. The van der Waals surface area contributed by atoms with Crippen LogP contribution in [0.1, 0.15) is 15.9 Å². The first-order valence-corrected chi connectivity index (χ1v) is 6.34. The van der Waals surface area contributed by atoms with Crippen LogP contribution in [0.5, 0.6) is 0 Å². The predicted molar refractivity (Wildman–Crippen MR) is 73.9 cm³/mol. The first-order chi connectivity index (χ1) is 9.65. The second kappa shape index (κ2) is 6.68. The Labute approximate surface area is 117 Å². The van der Waals surface area contributed by atoms with Gasteiger partial charge in [0, 0.05) is 19.0 Å². The van der Waals surface area contributed by atoms with Crippen LogP contribution in [0.3, 0.4) is 0 Å². The van der Waals surface area contributed by atoms with Gasteiger partial charge >= 0.3 is 0 Å². The van der Waals surface area contributed by atoms with Crippen LogP contribution in [-0.4, -0.2) is 23.7 Å². The van der Waals surface area contributed by atoms with Crippen molar-refractivity contribution in [3.63, 3.8) is 0 Å². The molecule has 0 saturated carbocycles. The number of aliphatic hydroxyl groups excluding tert-OH is 1. The average Bonchev–Trinajstić information content (AvgIpc) is 2.46. The summed E-state index contributed by atoms with van der Waals surface area (Å²) in [6, 6.07) is 12.6. The third-order valence-electron chi connectivity index (χ3n) is 2.85. The fourth-order valence-electron chi connectivity index (χ4n) is 1.86. The van der Waals surface area contributed by atoms with Gasteiger partial charge in [0.1, 0.15) is 5.56 Å². The van der Waals surface area contributed by atoms with Crippen molar-refractivity contribution >= 4 is 5.91 Å². The van der Waals surface area contributed by atoms with Crippen molar-refractivity contribution in [3.05, 3.63) is 71.2 Å². The van der Waals surface area contributed by atoms with E-state index in [1.165, 1.54) is 18.5 Å². The molecule has 0 radical (unpaired) electrons. The van der Waals surface area contributed by atoms with Gasteiger partial charge in [0.25, 0.3) is 5.91 Å². The zero-order valence-corrected chi connectivity index (χ0v) is 10.9. The Morgan fingerprint density at radius 2 is 2.00 bits per heavy atom. The molecule has 1 amide bonds. The summed E-state index contributed by atoms with van der Waals surface area (Å²) in [5.74, 6) is -0.373. The van der Waals surface area contributed by atoms with E-state index >= 15 is 0 Å². The van der Waals surface area contributed by atoms with Gasteiger partial charge in [0.2, 0.25) is 0 Å². The topological polar surface area (TPSA) is 76.3 Å². The number of aromatic nitrogens is 1. The van der Waals surface area contributed by atoms with Gasteiger partial charge in [-0.25, -0.2) is 0 Å². The Morgan fingerprint density at radius 3 is 2.70 bits per heavy atom. The van der Waals surface area contributed by atoms with Crippen molar-refractivity contribution in [3.8, 4) is 0 Å². The third kappa shape index (κ3) is 4.07. The maximum absolute atomic E-state index is 11.8. The number of nitrogens with one attached hydrogen (secondary N) is 1. The van der Waals surface area contributed by atoms with Gasteiger partial charge in [-0.15, -0.1) is 0 Å². The molecule has 1 heterocycles. The number of carbonyl (C=O) groups excluding carboxylic acids is 1. The summed E-state index contributed by atoms with van der Waals surface area (Å²) >= 11 is 0. The van der Waals surface area contributed by atoms with E-state index in [0.717, 1.165) is 5.56 Å². The van der Waals surface area contributed by atoms with E-state index in [1.807, 2.05) is 30.3 Å². The minimum atomic E-state index is -0.663. The normalized spacial score (nSPS) is 11.8. The van der Waals surface area contributed by atoms with Crippen molar-refractivity contribution < 1.29 is 14.6 Å². The fourth-order valence-corrected chi connectivity index (χ4v) is 1.86. The summed E-state index contributed by atoms with van der Waals surface area (Å²) < 4.78 is 0.565. The molecule has 2 rings (SSSR count). The van der Waals surface area contributed by atoms with Crippen LogP contribution in [-0.2, 0) is 6.42 Å². The molecule has 1 aromatic carbocycles. The van der Waals surface area contributed by atoms with Gasteiger partial charge in [-0.05, 0) is 11.6 Å². The molecule has 5 heteroatoms. The molecule has 20 heavy (non-hydrogen) atoms. The van der Waals surface area contributed by atoms with Crippen LogP contribution in [0.15, 0.2) is 54.9 Å². The Kier molecular flexibility index (Phi) is 4.68. The lowest BCUT2D eigenvalue weighted by molar-refractivity contribution is -0.605. The van der Waals surface area contributed by atoms with Gasteiger partial charge in [0.15, 0.2) is 12.4 Å². The molecule has 0 aliphatic heterocycles. The molecule has 2 N–H and O–H groups in total. The lowest BCUT2D eigenvalue weighted by Gasteiger charge is -2.11. The van der Waals surface area contributed by atoms with Gasteiger partial charge in [-0.1, -0.05) is 30.3 Å². The Morgan fingerprint density at radius 1 is 1.25 bits per heavy atom. The van der Waals surface area contributed by atoms with Gasteiger partial charge in [0.05, 0.1) is 6.10 Å². The standard InChI is InChI=1S/C15H16N2O3/c18-14(9-12-5-2-1-3-6-12)10-16-15(19)13-7-4-8-17(20)11-13/h1-8,11,14,18H,9-10H2,(H,16,19). The molecule has 0 spiro atoms. The highest BCUT2D eigenvalue weighted by Crippen LogP contribution is 2.02. The summed E-state index contributed by atoms with van der Waals surface area (Å²) in [4.78, 5) is 11.8. The van der Waals surface area contributed by atoms with E-state index in [4.69, 9.17) is 0 Å². The van der Waals surface area contributed by atoms with Crippen molar-refractivity contribution in [2.24, 2.45) is 0 Å². The van der Waals surface area contributed by atoms with Crippen LogP contribution in [0.2, 0.25) is 0 Å². The third-order valence-corrected chi connectivity index (χ3v) is 2.85. The van der Waals surface area contributed by atoms with E-state index in [0.29, 0.717) is 11.2 Å². The quantitative estimate of drug-likeness (QED) is 0.620. The molecule has 0 bridgehead atoms. The number of aliphatic hydroxyl groups is 1. The number of rotatable bonds is 5. The summed E-state index contributed by atoms with van der Waals surface area (Å²) in [7, 11) is 0. The maximum Gasteiger partial charge on any atom is 0.257 e. The van der Waals surface area contributed by atoms with Gasteiger partial charge in [-0.2, -0.15) is 4.73 Å². The number of benzene rings is 1. The van der Waals surface area contributed by atoms with Crippen LogP contribution in [0.4, 0.5) is 0 Å². The molecule has 1 aromatic heterocycles. The minimum Gasteiger partial charge on any atom is -0.619 e. The minimum absolute atomic E-state index is 0.140. The number of hydrogen-bond acceptors (Lipinski definition) is 3. The molecular formula is C15H16N2O3. The van der Waals surface area contributed by atoms with E-state index in [2.05, 4.69) is 5.32 Å². The number of amides is 1. The van der Waals surface area contributed by atoms with E-state index in [-0.39, 0.29) is 18.0 Å². The SMILES string of the molecule is O=C(NCC(O)Cc1ccccc1)c1ccc[n+]([O-])c1. The Balaban J connectivity index is 1.84. The second-order valence-electron chi connectivity index (χ2n) is 4.51. The van der Waals surface area contributed by atoms with E-state index < -0.39 is 6.10 Å². The first kappa shape index (κ1) is 14.0. The zero-order valence-electron chi connectivity index (χ0n) is 10.9. The van der Waals surface area contributed by atoms with Crippen molar-refractivity contribution in [2.45, 2.75) is 12.5 Å². The molecule has 1 atom stereocenters. The van der Waals surface area contributed by atoms with E-state index in [9.17, 15) is 15.1 Å². The summed E-state index contributed by atoms with van der Waals surface area (Å²) in [6.07, 6.45) is 2.31. The second-order valence-corrected chi connectivity index (χ2v) is 4.51. The van der Waals surface area contributed by atoms with Crippen molar-refractivity contribution in [2.75, 3.05) is 6.54 Å². The number of pyridine rings is 1. The van der Waals surface area contributed by atoms with Crippen LogP contribution < -0.4 is 10.0 Å². The largest absolute Gasteiger partial charge is 0.619 e. The molecule has 0 fully saturated rings. The molecule has 1 unspecified atom stereocenters. The average molecular weight is 272 g/mol. The molecule has 5 nitrogen and oxygen atoms in total. The zero-order chi connectivity index (χ0) is 14.4. The highest BCUT2D eigenvalue weighted by atomic mass is 16.5. The number of hydrogen-bond donors (Lipinski definition) is 2. The molecule has 0 aliphatic rings. The van der Waals surface area contributed by atoms with Crippen molar-refractivity contribution in [1.82, 2.24) is 5.32 Å². The molecule has 104 valence electrons. The fraction of sp³-hybridized carbons (Fsp3) is 0.200. The highest BCUT2D eigenvalue weighted by molar-refractivity contribution is 5.93. The van der Waals surface area contributed by atoms with Crippen LogP contribution in [0.25, 0.3) is 0 Å². The van der Waals surface area contributed by atoms with Gasteiger partial charge < -0.3 is 15.6 Å². The molecular weight excluding hydrogens is 256 g/mol. The van der Waals surface area contributed by atoms with Crippen LogP contribution in [0, 0.1) is 5.21 Å². The summed E-state index contributed by atoms with van der Waals surface area (Å²) in [5, 5.41) is 23.5. The van der Waals surface area contributed by atoms with Gasteiger partial charge in [-0.3, -0.25) is 4.79 Å². The molecule has 0 saturated heterocycles.